The van der Waals surface area contributed by atoms with Gasteiger partial charge >= 0.3 is 0 Å². The lowest BCUT2D eigenvalue weighted by Crippen LogP contribution is -2.35. The molecule has 1 heterocycles. The van der Waals surface area contributed by atoms with Gasteiger partial charge in [-0.05, 0) is 66.7 Å². The van der Waals surface area contributed by atoms with Gasteiger partial charge in [0.25, 0.3) is 10.0 Å². The van der Waals surface area contributed by atoms with Crippen LogP contribution in [-0.4, -0.2) is 32.7 Å². The van der Waals surface area contributed by atoms with Crippen LogP contribution in [0.5, 0.6) is 0 Å². The summed E-state index contributed by atoms with van der Waals surface area (Å²) in [6, 6.07) is 17.1. The van der Waals surface area contributed by atoms with E-state index in [0.29, 0.717) is 31.5 Å². The highest BCUT2D eigenvalue weighted by atomic mass is 35.5. The van der Waals surface area contributed by atoms with Crippen molar-refractivity contribution in [2.75, 3.05) is 11.4 Å². The van der Waals surface area contributed by atoms with Crippen molar-refractivity contribution in [3.8, 4) is 0 Å². The number of hydrogen-bond acceptors (Lipinski definition) is 4. The molecule has 4 rings (SSSR count). The lowest BCUT2D eigenvalue weighted by atomic mass is 10.1. The van der Waals surface area contributed by atoms with Crippen molar-refractivity contribution in [3.63, 3.8) is 0 Å². The van der Waals surface area contributed by atoms with Gasteiger partial charge in [0.15, 0.2) is 0 Å². The Kier molecular flexibility index (Phi) is 6.88. The summed E-state index contributed by atoms with van der Waals surface area (Å²) in [6.07, 6.45) is 0. The first-order chi connectivity index (χ1) is 15.6. The van der Waals surface area contributed by atoms with Gasteiger partial charge in [0.1, 0.15) is 17.7 Å². The van der Waals surface area contributed by atoms with Gasteiger partial charge in [0.05, 0.1) is 16.5 Å². The van der Waals surface area contributed by atoms with E-state index in [4.69, 9.17) is 52.1 Å². The van der Waals surface area contributed by atoms with Crippen LogP contribution in [0, 0.1) is 0 Å². The summed E-state index contributed by atoms with van der Waals surface area (Å²) >= 11 is 24.4. The van der Waals surface area contributed by atoms with E-state index in [1.807, 2.05) is 17.0 Å². The highest BCUT2D eigenvalue weighted by molar-refractivity contribution is 7.90. The molecule has 1 unspecified atom stereocenters. The van der Waals surface area contributed by atoms with E-state index in [1.165, 1.54) is 24.3 Å². The molecule has 0 fully saturated rings. The van der Waals surface area contributed by atoms with Crippen molar-refractivity contribution in [3.05, 3.63) is 92.4 Å². The Morgan fingerprint density at radius 1 is 0.909 bits per heavy atom. The third kappa shape index (κ3) is 5.28. The van der Waals surface area contributed by atoms with Gasteiger partial charge in [-0.15, -0.1) is 4.40 Å². The first-order valence-electron chi connectivity index (χ1n) is 9.56. The fraction of sp³-hybridized carbons (Fsp3) is 0.0909. The molecular weight excluding hydrogens is 526 g/mol. The molecule has 6 nitrogen and oxygen atoms in total. The summed E-state index contributed by atoms with van der Waals surface area (Å²) in [5.74, 6) is 0.357. The van der Waals surface area contributed by atoms with Gasteiger partial charge in [-0.3, -0.25) is 4.99 Å². The Morgan fingerprint density at radius 2 is 1.48 bits per heavy atom. The second-order valence-corrected chi connectivity index (χ2v) is 10.4. The van der Waals surface area contributed by atoms with E-state index in [1.54, 1.807) is 30.3 Å². The molecular formula is C22H16Cl4N4O2S. The molecule has 170 valence electrons. The molecule has 33 heavy (non-hydrogen) atoms. The topological polar surface area (TPSA) is 88.1 Å². The summed E-state index contributed by atoms with van der Waals surface area (Å²) in [4.78, 5) is 6.51. The van der Waals surface area contributed by atoms with Crippen LogP contribution >= 0.6 is 46.4 Å². The van der Waals surface area contributed by atoms with Crippen molar-refractivity contribution < 1.29 is 8.42 Å². The first kappa shape index (κ1) is 23.9. The third-order valence-electron chi connectivity index (χ3n) is 4.88. The number of halogens is 4. The van der Waals surface area contributed by atoms with Gasteiger partial charge in [-0.25, -0.2) is 0 Å². The van der Waals surface area contributed by atoms with E-state index in [0.717, 1.165) is 5.69 Å². The van der Waals surface area contributed by atoms with Gasteiger partial charge in [-0.1, -0.05) is 46.4 Å². The molecule has 1 atom stereocenters. The number of anilines is 1. The number of sulfonamides is 1. The quantitative estimate of drug-likeness (QED) is 0.332. The minimum atomic E-state index is -4.04. The molecule has 2 N–H and O–H groups in total. The average molecular weight is 542 g/mol. The van der Waals surface area contributed by atoms with Crippen LogP contribution in [0.15, 0.2) is 81.0 Å². The van der Waals surface area contributed by atoms with E-state index in [-0.39, 0.29) is 17.3 Å². The largest absolute Gasteiger partial charge is 0.385 e. The molecule has 0 amide bonds. The summed E-state index contributed by atoms with van der Waals surface area (Å²) in [6.45, 7) is 0.251. The molecule has 0 radical (unpaired) electrons. The molecule has 0 bridgehead atoms. The standard InChI is InChI=1S/C22H16Cl4N4O2S/c23-13-1-6-16(7-2-13)30-12-20(28-22(30)18-10-5-15(25)11-19(18)26)21(27)29-33(31,32)17-8-3-14(24)4-9-17/h1-11,20H,12H2,(H2,27,29). The number of hydrogen-bond donors (Lipinski definition) is 1. The van der Waals surface area contributed by atoms with E-state index in [9.17, 15) is 8.42 Å². The fourth-order valence-corrected chi connectivity index (χ4v) is 5.00. The Balaban J connectivity index is 1.74. The molecule has 11 heteroatoms. The van der Waals surface area contributed by atoms with Crippen LogP contribution in [0.25, 0.3) is 0 Å². The Morgan fingerprint density at radius 3 is 2.09 bits per heavy atom. The normalized spacial score (nSPS) is 16.7. The maximum Gasteiger partial charge on any atom is 0.284 e. The third-order valence-corrected chi connectivity index (χ3v) is 7.25. The van der Waals surface area contributed by atoms with Crippen LogP contribution in [0.3, 0.4) is 0 Å². The zero-order valence-corrected chi connectivity index (χ0v) is 20.6. The molecule has 1 aliphatic heterocycles. The molecule has 0 saturated heterocycles. The van der Waals surface area contributed by atoms with Crippen molar-refractivity contribution >= 4 is 73.8 Å². The van der Waals surface area contributed by atoms with Gasteiger partial charge in [-0.2, -0.15) is 8.42 Å². The second-order valence-electron chi connectivity index (χ2n) is 7.12. The SMILES string of the molecule is NC(=NS(=O)(=O)c1ccc(Cl)cc1)C1CN(c2ccc(Cl)cc2)C(c2ccc(Cl)cc2Cl)=N1. The zero-order chi connectivity index (χ0) is 23.8. The Labute approximate surface area is 211 Å². The van der Waals surface area contributed by atoms with Crippen LogP contribution in [0.2, 0.25) is 20.1 Å². The molecule has 1 aliphatic rings. The molecule has 3 aromatic rings. The lowest BCUT2D eigenvalue weighted by molar-refractivity contribution is 0.597. The Bertz CT molecular complexity index is 1360. The maximum absolute atomic E-state index is 12.7. The van der Waals surface area contributed by atoms with Gasteiger partial charge in [0, 0.05) is 26.3 Å². The predicted molar refractivity (Wildman–Crippen MR) is 136 cm³/mol. The van der Waals surface area contributed by atoms with Gasteiger partial charge in [0.2, 0.25) is 0 Å². The van der Waals surface area contributed by atoms with Crippen LogP contribution in [0.4, 0.5) is 5.69 Å². The number of nitrogens with zero attached hydrogens (tertiary/aromatic N) is 3. The fourth-order valence-electron chi connectivity index (χ4n) is 3.27. The summed E-state index contributed by atoms with van der Waals surface area (Å²) < 4.78 is 29.3. The number of amidine groups is 2. The first-order valence-corrected chi connectivity index (χ1v) is 12.5. The van der Waals surface area contributed by atoms with Crippen molar-refractivity contribution in [1.82, 2.24) is 0 Å². The average Bonchev–Trinajstić information content (AvgIpc) is 3.19. The molecule has 0 aliphatic carbocycles. The predicted octanol–water partition coefficient (Wildman–Crippen LogP) is 5.68. The van der Waals surface area contributed by atoms with E-state index >= 15 is 0 Å². The van der Waals surface area contributed by atoms with Crippen molar-refractivity contribution in [2.45, 2.75) is 10.9 Å². The minimum Gasteiger partial charge on any atom is -0.385 e. The lowest BCUT2D eigenvalue weighted by Gasteiger charge is -2.22. The maximum atomic E-state index is 12.7. The molecule has 0 aromatic heterocycles. The van der Waals surface area contributed by atoms with Crippen LogP contribution in [-0.2, 0) is 10.0 Å². The van der Waals surface area contributed by atoms with Gasteiger partial charge < -0.3 is 10.6 Å². The van der Waals surface area contributed by atoms with E-state index < -0.39 is 16.1 Å². The van der Waals surface area contributed by atoms with Crippen LogP contribution < -0.4 is 10.6 Å². The monoisotopic (exact) mass is 540 g/mol. The summed E-state index contributed by atoms with van der Waals surface area (Å²) in [7, 11) is -4.04. The highest BCUT2D eigenvalue weighted by Crippen LogP contribution is 2.30. The number of rotatable bonds is 5. The molecule has 0 spiro atoms. The molecule has 3 aromatic carbocycles. The smallest absolute Gasteiger partial charge is 0.284 e. The van der Waals surface area contributed by atoms with Crippen molar-refractivity contribution in [2.24, 2.45) is 15.1 Å². The summed E-state index contributed by atoms with van der Waals surface area (Å²) in [5.41, 5.74) is 7.53. The zero-order valence-electron chi connectivity index (χ0n) is 16.8. The van der Waals surface area contributed by atoms with E-state index in [2.05, 4.69) is 9.39 Å². The Hall–Kier alpha value is -2.29. The number of nitrogens with two attached hydrogens (primary N) is 1. The molecule has 0 saturated carbocycles. The van der Waals surface area contributed by atoms with Crippen LogP contribution in [0.1, 0.15) is 5.56 Å². The number of benzene rings is 3. The number of aliphatic imine (C=N–C) groups is 1. The minimum absolute atomic E-state index is 0.0210. The van der Waals surface area contributed by atoms with Crippen molar-refractivity contribution in [1.29, 1.82) is 0 Å². The second kappa shape index (κ2) is 9.52. The summed E-state index contributed by atoms with van der Waals surface area (Å²) in [5, 5.41) is 1.86. The highest BCUT2D eigenvalue weighted by Gasteiger charge is 2.32.